The monoisotopic (exact) mass is 615 g/mol. The molecule has 0 saturated heterocycles. The molecule has 0 aliphatic heterocycles. The van der Waals surface area contributed by atoms with E-state index in [4.69, 9.17) is 4.98 Å². The molecule has 2 aromatic carbocycles. The maximum absolute atomic E-state index is 15.0. The fourth-order valence-electron chi connectivity index (χ4n) is 4.94. The van der Waals surface area contributed by atoms with E-state index in [-0.39, 0.29) is 11.8 Å². The molecule has 0 atom stereocenters. The van der Waals surface area contributed by atoms with Crippen molar-refractivity contribution in [2.45, 2.75) is 48.0 Å². The van der Waals surface area contributed by atoms with Gasteiger partial charge in [0, 0.05) is 35.1 Å². The third kappa shape index (κ3) is 8.69. The van der Waals surface area contributed by atoms with Gasteiger partial charge in [-0.3, -0.25) is 9.69 Å². The van der Waals surface area contributed by atoms with Crippen molar-refractivity contribution in [3.8, 4) is 11.3 Å². The summed E-state index contributed by atoms with van der Waals surface area (Å²) in [6.45, 7) is 19.3. The maximum Gasteiger partial charge on any atom is 0.225 e. The SMILES string of the molecule is C=C(NC(C)=N/C=C\C)c1cccc(-c2nc(NCCCN(CC)CC)nc(N(C=O)c3c(F)cccc3F)c2/C=C\C)c1C. The van der Waals surface area contributed by atoms with E-state index in [1.54, 1.807) is 18.4 Å². The van der Waals surface area contributed by atoms with Crippen LogP contribution in [0.25, 0.3) is 23.0 Å². The molecular formula is C35H43F2N7O. The molecule has 3 rings (SSSR count). The first kappa shape index (κ1) is 34.8. The Morgan fingerprint density at radius 2 is 1.73 bits per heavy atom. The molecule has 10 heteroatoms. The number of anilines is 3. The molecule has 0 radical (unpaired) electrons. The summed E-state index contributed by atoms with van der Waals surface area (Å²) in [6.07, 6.45) is 8.21. The van der Waals surface area contributed by atoms with Crippen molar-refractivity contribution in [3.05, 3.63) is 89.7 Å². The Kier molecular flexibility index (Phi) is 13.1. The summed E-state index contributed by atoms with van der Waals surface area (Å²) in [6, 6.07) is 9.19. The highest BCUT2D eigenvalue weighted by Crippen LogP contribution is 2.38. The molecule has 0 aliphatic rings. The van der Waals surface area contributed by atoms with Gasteiger partial charge in [-0.2, -0.15) is 4.98 Å². The number of hydrogen-bond donors (Lipinski definition) is 2. The van der Waals surface area contributed by atoms with Crippen LogP contribution in [-0.4, -0.2) is 53.3 Å². The van der Waals surface area contributed by atoms with E-state index in [9.17, 15) is 4.79 Å². The summed E-state index contributed by atoms with van der Waals surface area (Å²) in [5, 5.41) is 6.51. The Hall–Kier alpha value is -4.70. The summed E-state index contributed by atoms with van der Waals surface area (Å²) in [5.41, 5.74) is 3.45. The van der Waals surface area contributed by atoms with Gasteiger partial charge in [-0.05, 0) is 71.4 Å². The van der Waals surface area contributed by atoms with Gasteiger partial charge in [-0.15, -0.1) is 0 Å². The number of amides is 1. The highest BCUT2D eigenvalue weighted by atomic mass is 19.1. The number of halogens is 2. The van der Waals surface area contributed by atoms with Crippen LogP contribution in [0.3, 0.4) is 0 Å². The number of aromatic nitrogens is 2. The molecule has 1 amide bonds. The first-order valence-electron chi connectivity index (χ1n) is 15.1. The lowest BCUT2D eigenvalue weighted by molar-refractivity contribution is -0.106. The molecule has 0 bridgehead atoms. The Morgan fingerprint density at radius 3 is 2.36 bits per heavy atom. The van der Waals surface area contributed by atoms with E-state index in [1.807, 2.05) is 52.0 Å². The number of amidine groups is 1. The quantitative estimate of drug-likeness (QED) is 0.0788. The molecule has 1 aromatic heterocycles. The van der Waals surface area contributed by atoms with Gasteiger partial charge >= 0.3 is 0 Å². The molecule has 0 fully saturated rings. The molecule has 1 heterocycles. The minimum atomic E-state index is -0.891. The van der Waals surface area contributed by atoms with Crippen LogP contribution in [0, 0.1) is 18.6 Å². The molecule has 8 nitrogen and oxygen atoms in total. The van der Waals surface area contributed by atoms with Gasteiger partial charge < -0.3 is 15.5 Å². The van der Waals surface area contributed by atoms with Crippen LogP contribution in [0.5, 0.6) is 0 Å². The topological polar surface area (TPSA) is 85.8 Å². The first-order valence-corrected chi connectivity index (χ1v) is 15.1. The van der Waals surface area contributed by atoms with Crippen molar-refractivity contribution in [1.82, 2.24) is 20.2 Å². The second-order valence-electron chi connectivity index (χ2n) is 10.3. The van der Waals surface area contributed by atoms with Crippen molar-refractivity contribution in [3.63, 3.8) is 0 Å². The number of carbonyl (C=O) groups excluding carboxylic acids is 1. The second-order valence-corrected chi connectivity index (χ2v) is 10.3. The Balaban J connectivity index is 2.22. The zero-order chi connectivity index (χ0) is 32.9. The van der Waals surface area contributed by atoms with E-state index in [0.717, 1.165) is 59.8 Å². The third-order valence-corrected chi connectivity index (χ3v) is 7.26. The summed E-state index contributed by atoms with van der Waals surface area (Å²) >= 11 is 0. The van der Waals surface area contributed by atoms with Crippen molar-refractivity contribution < 1.29 is 13.6 Å². The predicted molar refractivity (Wildman–Crippen MR) is 182 cm³/mol. The average Bonchev–Trinajstić information content (AvgIpc) is 3.02. The molecular weight excluding hydrogens is 572 g/mol. The largest absolute Gasteiger partial charge is 0.354 e. The van der Waals surface area contributed by atoms with E-state index < -0.39 is 17.3 Å². The molecule has 0 unspecified atom stereocenters. The predicted octanol–water partition coefficient (Wildman–Crippen LogP) is 7.71. The number of allylic oxidation sites excluding steroid dienone is 2. The smallest absolute Gasteiger partial charge is 0.225 e. The number of hydrogen-bond acceptors (Lipinski definition) is 6. The summed E-state index contributed by atoms with van der Waals surface area (Å²) in [4.78, 5) is 29.6. The van der Waals surface area contributed by atoms with Gasteiger partial charge in [0.05, 0.1) is 5.69 Å². The zero-order valence-electron chi connectivity index (χ0n) is 27.0. The van der Waals surface area contributed by atoms with Gasteiger partial charge in [-0.1, -0.05) is 62.9 Å². The molecule has 2 N–H and O–H groups in total. The van der Waals surface area contributed by atoms with Gasteiger partial charge in [0.1, 0.15) is 23.2 Å². The first-order chi connectivity index (χ1) is 21.7. The lowest BCUT2D eigenvalue weighted by Gasteiger charge is -2.23. The summed E-state index contributed by atoms with van der Waals surface area (Å²) < 4.78 is 30.1. The Labute approximate surface area is 265 Å². The summed E-state index contributed by atoms with van der Waals surface area (Å²) in [5.74, 6) is -0.839. The Bertz CT molecular complexity index is 1560. The molecule has 0 aliphatic carbocycles. The van der Waals surface area contributed by atoms with Crippen LogP contribution in [-0.2, 0) is 4.79 Å². The van der Waals surface area contributed by atoms with E-state index >= 15 is 8.78 Å². The van der Waals surface area contributed by atoms with Crippen molar-refractivity contribution in [2.75, 3.05) is 36.4 Å². The molecule has 3 aromatic rings. The van der Waals surface area contributed by atoms with Gasteiger partial charge in [0.25, 0.3) is 0 Å². The lowest BCUT2D eigenvalue weighted by Crippen LogP contribution is -2.26. The summed E-state index contributed by atoms with van der Waals surface area (Å²) in [7, 11) is 0. The van der Waals surface area contributed by atoms with E-state index in [0.29, 0.717) is 35.7 Å². The van der Waals surface area contributed by atoms with Crippen molar-refractivity contribution >= 4 is 41.5 Å². The number of carbonyl (C=O) groups is 1. The normalized spacial score (nSPS) is 11.9. The van der Waals surface area contributed by atoms with Crippen LogP contribution in [0.4, 0.5) is 26.2 Å². The third-order valence-electron chi connectivity index (χ3n) is 7.26. The van der Waals surface area contributed by atoms with Gasteiger partial charge in [0.2, 0.25) is 12.4 Å². The standard InChI is InChI=1S/C35H43F2N7O/c1-8-15-29-32(28-17-12-16-27(24(28)5)25(6)40-26(7)38-20-9-2)41-35(39-21-14-22-43(10-3)11-4)42-34(29)44(23-45)33-30(36)18-13-19-31(33)37/h8-9,12-13,15-20,23H,6,10-11,14,21-22H2,1-5,7H3,(H,38,40)(H,39,41,42)/b15-8-,20-9-. The molecule has 0 spiro atoms. The molecule has 238 valence electrons. The Morgan fingerprint density at radius 1 is 1.04 bits per heavy atom. The second kappa shape index (κ2) is 17.0. The number of para-hydroxylation sites is 1. The minimum Gasteiger partial charge on any atom is -0.354 e. The fraction of sp³-hybridized carbons (Fsp3) is 0.314. The van der Waals surface area contributed by atoms with Crippen LogP contribution >= 0.6 is 0 Å². The van der Waals surface area contributed by atoms with E-state index in [2.05, 4.69) is 45.9 Å². The highest BCUT2D eigenvalue weighted by molar-refractivity contribution is 5.94. The number of nitrogens with one attached hydrogen (secondary N) is 2. The highest BCUT2D eigenvalue weighted by Gasteiger charge is 2.26. The number of aliphatic imine (C=N–C) groups is 1. The van der Waals surface area contributed by atoms with Crippen LogP contribution in [0.15, 0.2) is 66.3 Å². The number of nitrogens with zero attached hydrogens (tertiary/aromatic N) is 5. The van der Waals surface area contributed by atoms with Gasteiger partial charge in [-0.25, -0.2) is 18.8 Å². The fourth-order valence-corrected chi connectivity index (χ4v) is 4.94. The van der Waals surface area contributed by atoms with Crippen LogP contribution < -0.4 is 15.5 Å². The number of benzene rings is 2. The van der Waals surface area contributed by atoms with Crippen molar-refractivity contribution in [1.29, 1.82) is 0 Å². The van der Waals surface area contributed by atoms with E-state index in [1.165, 1.54) is 6.07 Å². The van der Waals surface area contributed by atoms with Gasteiger partial charge in [0.15, 0.2) is 5.82 Å². The van der Waals surface area contributed by atoms with Crippen LogP contribution in [0.2, 0.25) is 0 Å². The zero-order valence-corrected chi connectivity index (χ0v) is 27.0. The van der Waals surface area contributed by atoms with Crippen molar-refractivity contribution in [2.24, 2.45) is 4.99 Å². The average molecular weight is 616 g/mol. The molecule has 45 heavy (non-hydrogen) atoms. The number of rotatable bonds is 15. The van der Waals surface area contributed by atoms with Crippen LogP contribution in [0.1, 0.15) is 57.7 Å². The minimum absolute atomic E-state index is 0.0411. The lowest BCUT2D eigenvalue weighted by atomic mass is 9.95. The maximum atomic E-state index is 15.0. The molecule has 0 saturated carbocycles.